The standard InChI is InChI=1S/C13H17ClN2O/c1-3-4-5-12-10(2)17-15-13(12)11-6-8-16(14)9-7-11/h3-5,11H,1,6-9H2,2H3/b5-4-. The molecule has 1 aromatic heterocycles. The lowest BCUT2D eigenvalue weighted by Crippen LogP contribution is -2.25. The number of halogens is 1. The minimum atomic E-state index is 0.451. The van der Waals surface area contributed by atoms with E-state index in [1.165, 1.54) is 0 Å². The highest BCUT2D eigenvalue weighted by atomic mass is 35.5. The number of aryl methyl sites for hydroxylation is 1. The Morgan fingerprint density at radius 2 is 2.18 bits per heavy atom. The van der Waals surface area contributed by atoms with Crippen molar-refractivity contribution in [3.8, 4) is 0 Å². The Kier molecular flexibility index (Phi) is 4.02. The Hall–Kier alpha value is -1.06. The Morgan fingerprint density at radius 3 is 2.82 bits per heavy atom. The average molecular weight is 253 g/mol. The summed E-state index contributed by atoms with van der Waals surface area (Å²) in [5.41, 5.74) is 2.16. The largest absolute Gasteiger partial charge is 0.361 e. The third kappa shape index (κ3) is 2.79. The van der Waals surface area contributed by atoms with Gasteiger partial charge in [-0.15, -0.1) is 0 Å². The molecular weight excluding hydrogens is 236 g/mol. The number of hydrogen-bond donors (Lipinski definition) is 0. The van der Waals surface area contributed by atoms with E-state index in [-0.39, 0.29) is 0 Å². The van der Waals surface area contributed by atoms with Gasteiger partial charge in [0.2, 0.25) is 0 Å². The van der Waals surface area contributed by atoms with Crippen LogP contribution in [0.3, 0.4) is 0 Å². The highest BCUT2D eigenvalue weighted by Gasteiger charge is 2.25. The molecule has 92 valence electrons. The van der Waals surface area contributed by atoms with Gasteiger partial charge in [0.15, 0.2) is 0 Å². The fourth-order valence-electron chi connectivity index (χ4n) is 2.18. The van der Waals surface area contributed by atoms with Crippen molar-refractivity contribution in [2.45, 2.75) is 25.7 Å². The van der Waals surface area contributed by atoms with Crippen LogP contribution in [0.2, 0.25) is 0 Å². The molecule has 0 amide bonds. The van der Waals surface area contributed by atoms with E-state index < -0.39 is 0 Å². The molecule has 0 saturated carbocycles. The maximum Gasteiger partial charge on any atom is 0.141 e. The number of piperidine rings is 1. The number of rotatable bonds is 3. The first kappa shape index (κ1) is 12.4. The molecule has 0 spiro atoms. The lowest BCUT2D eigenvalue weighted by Gasteiger charge is -2.25. The third-order valence-electron chi connectivity index (χ3n) is 3.16. The Balaban J connectivity index is 2.20. The molecule has 17 heavy (non-hydrogen) atoms. The van der Waals surface area contributed by atoms with Crippen LogP contribution >= 0.6 is 11.8 Å². The zero-order chi connectivity index (χ0) is 12.3. The summed E-state index contributed by atoms with van der Waals surface area (Å²) < 4.78 is 7.13. The minimum Gasteiger partial charge on any atom is -0.361 e. The number of hydrogen-bond acceptors (Lipinski definition) is 3. The van der Waals surface area contributed by atoms with Crippen LogP contribution in [0.25, 0.3) is 6.08 Å². The summed E-state index contributed by atoms with van der Waals surface area (Å²) in [5, 5.41) is 4.20. The van der Waals surface area contributed by atoms with Crippen LogP contribution < -0.4 is 0 Å². The fraction of sp³-hybridized carbons (Fsp3) is 0.462. The zero-order valence-corrected chi connectivity index (χ0v) is 10.8. The Bertz CT molecular complexity index is 417. The molecule has 1 aliphatic rings. The van der Waals surface area contributed by atoms with E-state index in [1.807, 2.05) is 23.5 Å². The van der Waals surface area contributed by atoms with Crippen molar-refractivity contribution >= 4 is 17.9 Å². The molecule has 0 atom stereocenters. The van der Waals surface area contributed by atoms with Crippen molar-refractivity contribution in [1.29, 1.82) is 0 Å². The molecule has 3 nitrogen and oxygen atoms in total. The van der Waals surface area contributed by atoms with Crippen LogP contribution in [0, 0.1) is 6.92 Å². The molecule has 2 rings (SSSR count). The van der Waals surface area contributed by atoms with E-state index in [9.17, 15) is 0 Å². The molecule has 0 N–H and O–H groups in total. The summed E-state index contributed by atoms with van der Waals surface area (Å²) in [5.74, 6) is 1.32. The van der Waals surface area contributed by atoms with Crippen LogP contribution in [0.15, 0.2) is 23.3 Å². The first-order valence-corrected chi connectivity index (χ1v) is 6.22. The monoisotopic (exact) mass is 252 g/mol. The summed E-state index contributed by atoms with van der Waals surface area (Å²) in [6, 6.07) is 0. The van der Waals surface area contributed by atoms with Gasteiger partial charge in [-0.05, 0) is 37.6 Å². The molecule has 2 heterocycles. The van der Waals surface area contributed by atoms with Crippen molar-refractivity contribution in [2.75, 3.05) is 13.1 Å². The molecule has 0 bridgehead atoms. The van der Waals surface area contributed by atoms with Crippen LogP contribution in [-0.2, 0) is 0 Å². The summed E-state index contributed by atoms with van der Waals surface area (Å²) in [6.07, 6.45) is 7.76. The molecule has 1 saturated heterocycles. The van der Waals surface area contributed by atoms with Crippen molar-refractivity contribution in [3.05, 3.63) is 35.7 Å². The summed E-state index contributed by atoms with van der Waals surface area (Å²) in [6.45, 7) is 7.43. The first-order chi connectivity index (χ1) is 8.22. The molecule has 1 fully saturated rings. The summed E-state index contributed by atoms with van der Waals surface area (Å²) >= 11 is 5.96. The highest BCUT2D eigenvalue weighted by molar-refractivity contribution is 6.13. The predicted octanol–water partition coefficient (Wildman–Crippen LogP) is 3.52. The van der Waals surface area contributed by atoms with Crippen molar-refractivity contribution in [2.24, 2.45) is 0 Å². The van der Waals surface area contributed by atoms with E-state index in [0.717, 1.165) is 42.9 Å². The smallest absolute Gasteiger partial charge is 0.141 e. The van der Waals surface area contributed by atoms with E-state index >= 15 is 0 Å². The normalized spacial score (nSPS) is 18.9. The second-order valence-electron chi connectivity index (χ2n) is 4.32. The van der Waals surface area contributed by atoms with E-state index in [2.05, 4.69) is 11.7 Å². The predicted molar refractivity (Wildman–Crippen MR) is 69.9 cm³/mol. The number of aromatic nitrogens is 1. The second-order valence-corrected chi connectivity index (χ2v) is 4.79. The van der Waals surface area contributed by atoms with Crippen molar-refractivity contribution in [3.63, 3.8) is 0 Å². The van der Waals surface area contributed by atoms with Gasteiger partial charge in [-0.3, -0.25) is 0 Å². The van der Waals surface area contributed by atoms with Gasteiger partial charge in [0.05, 0.1) is 5.69 Å². The van der Waals surface area contributed by atoms with Gasteiger partial charge in [-0.1, -0.05) is 23.9 Å². The first-order valence-electron chi connectivity index (χ1n) is 5.88. The van der Waals surface area contributed by atoms with Crippen LogP contribution in [0.5, 0.6) is 0 Å². The zero-order valence-electron chi connectivity index (χ0n) is 10.0. The third-order valence-corrected chi connectivity index (χ3v) is 3.50. The van der Waals surface area contributed by atoms with Crippen LogP contribution in [-0.4, -0.2) is 22.7 Å². The minimum absolute atomic E-state index is 0.451. The van der Waals surface area contributed by atoms with Gasteiger partial charge in [0.1, 0.15) is 5.76 Å². The quantitative estimate of drug-likeness (QED) is 0.609. The topological polar surface area (TPSA) is 29.3 Å². The van der Waals surface area contributed by atoms with Gasteiger partial charge in [-0.2, -0.15) is 0 Å². The molecule has 4 heteroatoms. The fourth-order valence-corrected chi connectivity index (χ4v) is 2.37. The van der Waals surface area contributed by atoms with Gasteiger partial charge in [0.25, 0.3) is 0 Å². The maximum atomic E-state index is 5.96. The van der Waals surface area contributed by atoms with Gasteiger partial charge in [0, 0.05) is 24.6 Å². The van der Waals surface area contributed by atoms with Crippen LogP contribution in [0.4, 0.5) is 0 Å². The Morgan fingerprint density at radius 1 is 1.47 bits per heavy atom. The molecule has 0 unspecified atom stereocenters. The Labute approximate surface area is 107 Å². The van der Waals surface area contributed by atoms with Gasteiger partial charge >= 0.3 is 0 Å². The molecule has 0 aliphatic carbocycles. The summed E-state index contributed by atoms with van der Waals surface area (Å²) in [4.78, 5) is 0. The molecule has 0 aromatic carbocycles. The van der Waals surface area contributed by atoms with Crippen LogP contribution in [0.1, 0.15) is 35.8 Å². The molecule has 1 aliphatic heterocycles. The number of nitrogens with zero attached hydrogens (tertiary/aromatic N) is 2. The van der Waals surface area contributed by atoms with E-state index in [4.69, 9.17) is 16.3 Å². The van der Waals surface area contributed by atoms with Gasteiger partial charge < -0.3 is 4.52 Å². The van der Waals surface area contributed by atoms with E-state index in [0.29, 0.717) is 5.92 Å². The molecule has 1 aromatic rings. The second kappa shape index (κ2) is 5.52. The average Bonchev–Trinajstić information content (AvgIpc) is 2.69. The SMILES string of the molecule is C=C/C=C\c1c(C2CCN(Cl)CC2)noc1C. The van der Waals surface area contributed by atoms with Gasteiger partial charge in [-0.25, -0.2) is 4.42 Å². The number of allylic oxidation sites excluding steroid dienone is 2. The lowest BCUT2D eigenvalue weighted by molar-refractivity contribution is 0.318. The highest BCUT2D eigenvalue weighted by Crippen LogP contribution is 2.32. The van der Waals surface area contributed by atoms with E-state index in [1.54, 1.807) is 6.08 Å². The molecular formula is C13H17ClN2O. The maximum absolute atomic E-state index is 5.96. The van der Waals surface area contributed by atoms with Crippen molar-refractivity contribution < 1.29 is 4.52 Å². The lowest BCUT2D eigenvalue weighted by atomic mass is 9.91. The van der Waals surface area contributed by atoms with Crippen molar-refractivity contribution in [1.82, 2.24) is 9.58 Å². The summed E-state index contributed by atoms with van der Waals surface area (Å²) in [7, 11) is 0. The molecule has 0 radical (unpaired) electrons.